The van der Waals surface area contributed by atoms with Crippen LogP contribution < -0.4 is 10.4 Å². The van der Waals surface area contributed by atoms with Gasteiger partial charge in [-0.1, -0.05) is 54.6 Å². The molecule has 28 heavy (non-hydrogen) atoms. The highest BCUT2D eigenvalue weighted by atomic mass is 16.2. The lowest BCUT2D eigenvalue weighted by atomic mass is 9.80. The second-order valence-electron chi connectivity index (χ2n) is 7.29. The second kappa shape index (κ2) is 8.75. The molecule has 3 nitrogen and oxygen atoms in total. The minimum absolute atomic E-state index is 0.0438. The Bertz CT molecular complexity index is 869. The first-order valence-electron chi connectivity index (χ1n) is 10.00. The first-order valence-corrected chi connectivity index (χ1v) is 10.00. The van der Waals surface area contributed by atoms with Gasteiger partial charge in [-0.25, -0.2) is 0 Å². The van der Waals surface area contributed by atoms with Crippen molar-refractivity contribution < 1.29 is 4.79 Å². The number of nitrogens with one attached hydrogen (secondary N) is 1. The van der Waals surface area contributed by atoms with E-state index in [-0.39, 0.29) is 5.91 Å². The molecule has 0 saturated heterocycles. The molecule has 1 radical (unpaired) electrons. The molecule has 1 N–H and O–H groups in total. The molecule has 0 spiro atoms. The fraction of sp³-hybridized carbons (Fsp3) is 0.240. The van der Waals surface area contributed by atoms with Gasteiger partial charge in [-0.05, 0) is 73.1 Å². The van der Waals surface area contributed by atoms with Crippen LogP contribution in [0.1, 0.15) is 42.7 Å². The summed E-state index contributed by atoms with van der Waals surface area (Å²) in [5, 5.41) is 1.87. The first-order chi connectivity index (χ1) is 13.8. The van der Waals surface area contributed by atoms with Crippen molar-refractivity contribution in [2.24, 2.45) is 0 Å². The third-order valence-corrected chi connectivity index (χ3v) is 5.41. The third kappa shape index (κ3) is 4.25. The summed E-state index contributed by atoms with van der Waals surface area (Å²) in [7, 11) is 0. The van der Waals surface area contributed by atoms with E-state index in [4.69, 9.17) is 0 Å². The Balaban J connectivity index is 1.44. The van der Waals surface area contributed by atoms with E-state index < -0.39 is 0 Å². The predicted molar refractivity (Wildman–Crippen MR) is 113 cm³/mol. The zero-order valence-electron chi connectivity index (χ0n) is 16.0. The van der Waals surface area contributed by atoms with Crippen LogP contribution in [-0.4, -0.2) is 5.91 Å². The van der Waals surface area contributed by atoms with Gasteiger partial charge < -0.3 is 0 Å². The van der Waals surface area contributed by atoms with Crippen LogP contribution in [0.5, 0.6) is 0 Å². The summed E-state index contributed by atoms with van der Waals surface area (Å²) in [6.07, 6.45) is 4.87. The average molecular weight is 369 g/mol. The van der Waals surface area contributed by atoms with E-state index in [1.54, 1.807) is 0 Å². The van der Waals surface area contributed by atoms with E-state index in [2.05, 4.69) is 23.6 Å². The highest BCUT2D eigenvalue weighted by Crippen LogP contribution is 2.34. The highest BCUT2D eigenvalue weighted by molar-refractivity contribution is 5.80. The van der Waals surface area contributed by atoms with Crippen LogP contribution in [0.4, 0.5) is 11.4 Å². The van der Waals surface area contributed by atoms with E-state index in [1.807, 2.05) is 71.7 Å². The lowest BCUT2D eigenvalue weighted by Gasteiger charge is -2.27. The molecule has 141 valence electrons. The molecule has 3 aromatic rings. The Labute approximate surface area is 167 Å². The summed E-state index contributed by atoms with van der Waals surface area (Å²) in [4.78, 5) is 12.8. The maximum atomic E-state index is 12.8. The molecule has 1 aliphatic carbocycles. The fourth-order valence-electron chi connectivity index (χ4n) is 4.00. The molecule has 0 fully saturated rings. The highest BCUT2D eigenvalue weighted by Gasteiger charge is 2.21. The van der Waals surface area contributed by atoms with Gasteiger partial charge in [-0.2, -0.15) is 0 Å². The van der Waals surface area contributed by atoms with Crippen molar-refractivity contribution in [1.29, 1.82) is 0 Å². The molecule has 1 atom stereocenters. The van der Waals surface area contributed by atoms with Crippen LogP contribution in [0.2, 0.25) is 0 Å². The van der Waals surface area contributed by atoms with Gasteiger partial charge in [-0.15, -0.1) is 0 Å². The number of rotatable bonds is 6. The minimum atomic E-state index is 0.0438. The van der Waals surface area contributed by atoms with Crippen LogP contribution in [0, 0.1) is 6.07 Å². The SMILES string of the molecule is O=C(CCC1CCCc2c[c]ccc21)NN(c1ccccc1)c1ccccc1. The van der Waals surface area contributed by atoms with Crippen molar-refractivity contribution in [3.63, 3.8) is 0 Å². The van der Waals surface area contributed by atoms with Crippen molar-refractivity contribution in [2.75, 3.05) is 5.01 Å². The van der Waals surface area contributed by atoms with E-state index in [9.17, 15) is 4.79 Å². The summed E-state index contributed by atoms with van der Waals surface area (Å²) in [5.74, 6) is 0.508. The third-order valence-electron chi connectivity index (χ3n) is 5.41. The Kier molecular flexibility index (Phi) is 5.72. The van der Waals surface area contributed by atoms with Gasteiger partial charge in [0.05, 0.1) is 11.4 Å². The van der Waals surface area contributed by atoms with Gasteiger partial charge in [0.25, 0.3) is 0 Å². The molecule has 0 aromatic heterocycles. The van der Waals surface area contributed by atoms with Crippen molar-refractivity contribution >= 4 is 17.3 Å². The predicted octanol–water partition coefficient (Wildman–Crippen LogP) is 5.56. The lowest BCUT2D eigenvalue weighted by Crippen LogP contribution is -2.39. The van der Waals surface area contributed by atoms with Crippen LogP contribution in [-0.2, 0) is 11.2 Å². The summed E-state index contributed by atoms with van der Waals surface area (Å²) >= 11 is 0. The molecule has 0 aliphatic heterocycles. The van der Waals surface area contributed by atoms with Crippen LogP contribution in [0.25, 0.3) is 0 Å². The van der Waals surface area contributed by atoms with Crippen molar-refractivity contribution in [1.82, 2.24) is 5.43 Å². The van der Waals surface area contributed by atoms with Crippen molar-refractivity contribution in [3.8, 4) is 0 Å². The van der Waals surface area contributed by atoms with E-state index in [0.29, 0.717) is 12.3 Å². The van der Waals surface area contributed by atoms with E-state index >= 15 is 0 Å². The van der Waals surface area contributed by atoms with Gasteiger partial charge >= 0.3 is 0 Å². The number of amides is 1. The standard InChI is InChI=1S/C25H25N2O/c28-25(19-18-21-12-9-11-20-10-7-8-17-24(20)21)26-27(22-13-3-1-4-14-22)23-15-5-2-6-16-23/h1-6,8,10,13-17,21H,9,11-12,18-19H2,(H,26,28). The van der Waals surface area contributed by atoms with Gasteiger partial charge in [-0.3, -0.25) is 15.2 Å². The fourth-order valence-corrected chi connectivity index (χ4v) is 4.00. The van der Waals surface area contributed by atoms with E-state index in [1.165, 1.54) is 17.5 Å². The van der Waals surface area contributed by atoms with E-state index in [0.717, 1.165) is 30.6 Å². The molecule has 3 aromatic carbocycles. The number of para-hydroxylation sites is 2. The average Bonchev–Trinajstić information content (AvgIpc) is 2.77. The van der Waals surface area contributed by atoms with Crippen LogP contribution in [0.15, 0.2) is 78.9 Å². The maximum absolute atomic E-state index is 12.8. The number of benzene rings is 3. The normalized spacial score (nSPS) is 15.5. The summed E-state index contributed by atoms with van der Waals surface area (Å²) in [6, 6.07) is 29.3. The zero-order chi connectivity index (χ0) is 19.2. The monoisotopic (exact) mass is 369 g/mol. The van der Waals surface area contributed by atoms with Gasteiger partial charge in [0.2, 0.25) is 5.91 Å². The molecular weight excluding hydrogens is 344 g/mol. The molecule has 1 unspecified atom stereocenters. The van der Waals surface area contributed by atoms with Crippen LogP contribution in [0.3, 0.4) is 0 Å². The molecule has 1 aliphatic rings. The lowest BCUT2D eigenvalue weighted by molar-refractivity contribution is -0.121. The Hall–Kier alpha value is -3.07. The Morgan fingerprint density at radius 1 is 1.00 bits per heavy atom. The number of hydrogen-bond donors (Lipinski definition) is 1. The van der Waals surface area contributed by atoms with Gasteiger partial charge in [0, 0.05) is 6.42 Å². The number of hydrogen-bond acceptors (Lipinski definition) is 2. The number of hydrazine groups is 1. The topological polar surface area (TPSA) is 32.3 Å². The summed E-state index contributed by atoms with van der Waals surface area (Å²) < 4.78 is 0. The first kappa shape index (κ1) is 18.3. The maximum Gasteiger partial charge on any atom is 0.238 e. The molecule has 4 rings (SSSR count). The van der Waals surface area contributed by atoms with Gasteiger partial charge in [0.1, 0.15) is 0 Å². The quantitative estimate of drug-likeness (QED) is 0.577. The Morgan fingerprint density at radius 2 is 1.68 bits per heavy atom. The molecular formula is C25H25N2O. The van der Waals surface area contributed by atoms with Crippen LogP contribution >= 0.6 is 0 Å². The second-order valence-corrected chi connectivity index (χ2v) is 7.29. The molecule has 3 heteroatoms. The summed E-state index contributed by atoms with van der Waals surface area (Å²) in [6.45, 7) is 0. The molecule has 0 bridgehead atoms. The largest absolute Gasteiger partial charge is 0.273 e. The number of carbonyl (C=O) groups excluding carboxylic acids is 1. The summed E-state index contributed by atoms with van der Waals surface area (Å²) in [5.41, 5.74) is 7.79. The molecule has 0 heterocycles. The number of anilines is 2. The molecule has 1 amide bonds. The zero-order valence-corrected chi connectivity index (χ0v) is 16.0. The smallest absolute Gasteiger partial charge is 0.238 e. The number of nitrogens with zero attached hydrogens (tertiary/aromatic N) is 1. The van der Waals surface area contributed by atoms with Crippen molar-refractivity contribution in [3.05, 3.63) is 96.1 Å². The number of fused-ring (bicyclic) bond motifs is 1. The molecule has 0 saturated carbocycles. The number of carbonyl (C=O) groups is 1. The number of aryl methyl sites for hydroxylation is 1. The minimum Gasteiger partial charge on any atom is -0.273 e. The van der Waals surface area contributed by atoms with Gasteiger partial charge in [0.15, 0.2) is 0 Å². The van der Waals surface area contributed by atoms with Crippen molar-refractivity contribution in [2.45, 2.75) is 38.0 Å². The Morgan fingerprint density at radius 3 is 2.36 bits per heavy atom.